The lowest BCUT2D eigenvalue weighted by Gasteiger charge is -2.71. The Labute approximate surface area is 344 Å². The van der Waals surface area contributed by atoms with Crippen molar-refractivity contribution in [3.63, 3.8) is 0 Å². The minimum atomic E-state index is -1.87. The van der Waals surface area contributed by atoms with Crippen molar-refractivity contribution in [1.29, 1.82) is 0 Å². The van der Waals surface area contributed by atoms with Crippen LogP contribution in [-0.2, 0) is 38.0 Å². The Balaban J connectivity index is 1.16. The van der Waals surface area contributed by atoms with E-state index in [-0.39, 0.29) is 39.5 Å². The predicted octanol–water partition coefficient (Wildman–Crippen LogP) is 4.57. The molecule has 0 aromatic heterocycles. The molecule has 7 aliphatic rings. The van der Waals surface area contributed by atoms with Crippen LogP contribution in [0.5, 0.6) is 0 Å². The summed E-state index contributed by atoms with van der Waals surface area (Å²) in [4.78, 5) is 26.7. The quantitative estimate of drug-likeness (QED) is 0.143. The van der Waals surface area contributed by atoms with Crippen LogP contribution >= 0.6 is 0 Å². The number of aliphatic hydroxyl groups is 5. The highest BCUT2D eigenvalue weighted by Crippen LogP contribution is 2.76. The molecule has 330 valence electrons. The Hall–Kier alpha value is -1.68. The summed E-state index contributed by atoms with van der Waals surface area (Å²) < 4.78 is 35.2. The summed E-state index contributed by atoms with van der Waals surface area (Å²) in [6.07, 6.45) is -2.58. The molecule has 0 spiro atoms. The first-order chi connectivity index (χ1) is 26.9. The van der Waals surface area contributed by atoms with E-state index in [1.807, 2.05) is 0 Å². The van der Waals surface area contributed by atoms with Crippen molar-refractivity contribution in [2.75, 3.05) is 14.2 Å². The zero-order valence-electron chi connectivity index (χ0n) is 36.7. The zero-order valence-corrected chi connectivity index (χ0v) is 36.7. The summed E-state index contributed by atoms with van der Waals surface area (Å²) in [7, 11) is 2.71. The van der Waals surface area contributed by atoms with E-state index in [4.69, 9.17) is 28.4 Å². The summed E-state index contributed by atoms with van der Waals surface area (Å²) in [6.45, 7) is 19.6. The molecule has 18 atom stereocenters. The van der Waals surface area contributed by atoms with Crippen LogP contribution in [0.25, 0.3) is 0 Å². The number of aliphatic hydroxyl groups excluding tert-OH is 5. The number of ether oxygens (including phenoxy) is 6. The molecule has 0 aromatic rings. The number of hydrogen-bond donors (Lipinski definition) is 5. The number of carbonyl (C=O) groups excluding carboxylic acids is 2. The summed E-state index contributed by atoms with van der Waals surface area (Å²) >= 11 is 0. The first-order valence-electron chi connectivity index (χ1n) is 21.8. The second-order valence-corrected chi connectivity index (χ2v) is 21.6. The lowest BCUT2D eigenvalue weighted by molar-refractivity contribution is -0.397. The van der Waals surface area contributed by atoms with Crippen molar-refractivity contribution < 1.29 is 63.5 Å². The number of esters is 2. The molecule has 5 N–H and O–H groups in total. The average Bonchev–Trinajstić information content (AvgIpc) is 3.16. The predicted molar refractivity (Wildman–Crippen MR) is 210 cm³/mol. The molecule has 58 heavy (non-hydrogen) atoms. The Bertz CT molecular complexity index is 1630. The molecule has 13 nitrogen and oxygen atoms in total. The minimum Gasteiger partial charge on any atom is -0.469 e. The van der Waals surface area contributed by atoms with Crippen LogP contribution in [-0.4, -0.2) is 119 Å². The van der Waals surface area contributed by atoms with Gasteiger partial charge < -0.3 is 54.0 Å². The fraction of sp³-hybridized carbons (Fsp3) is 0.911. The van der Waals surface area contributed by atoms with Gasteiger partial charge in [-0.05, 0) is 123 Å². The van der Waals surface area contributed by atoms with Gasteiger partial charge in [0.2, 0.25) is 0 Å². The number of rotatable bonds is 6. The molecule has 6 fully saturated rings. The van der Waals surface area contributed by atoms with Crippen LogP contribution in [0, 0.1) is 50.2 Å². The van der Waals surface area contributed by atoms with Gasteiger partial charge >= 0.3 is 11.9 Å². The second kappa shape index (κ2) is 14.7. The molecule has 0 radical (unpaired) electrons. The SMILES string of the molecule is COC(=O)C1OC(C)(OC2CCC3(C)C(CCC4(C)C3CC=C3C5CC(C)(C)CCC5(C(=O)OC)CCC34C)C2(C)C)C(O)C(OC2OC(C)C(O)C(O)C2O)C1O. The fourth-order valence-electron chi connectivity index (χ4n) is 14.2. The molecule has 18 unspecified atom stereocenters. The first-order valence-corrected chi connectivity index (χ1v) is 21.8. The van der Waals surface area contributed by atoms with Gasteiger partial charge in [0, 0.05) is 0 Å². The average molecular weight is 821 g/mol. The summed E-state index contributed by atoms with van der Waals surface area (Å²) in [5.41, 5.74) is 0.638. The van der Waals surface area contributed by atoms with Crippen LogP contribution < -0.4 is 0 Å². The normalized spacial score (nSPS) is 52.1. The maximum absolute atomic E-state index is 13.7. The Morgan fingerprint density at radius 3 is 2.10 bits per heavy atom. The molecule has 0 aromatic carbocycles. The van der Waals surface area contributed by atoms with E-state index in [0.29, 0.717) is 12.3 Å². The van der Waals surface area contributed by atoms with E-state index >= 15 is 0 Å². The van der Waals surface area contributed by atoms with Gasteiger partial charge in [0.15, 0.2) is 18.2 Å². The third-order valence-electron chi connectivity index (χ3n) is 17.9. The van der Waals surface area contributed by atoms with Crippen LogP contribution in [0.1, 0.15) is 127 Å². The summed E-state index contributed by atoms with van der Waals surface area (Å²) in [5.74, 6) is -2.03. The van der Waals surface area contributed by atoms with Gasteiger partial charge in [-0.15, -0.1) is 0 Å². The highest BCUT2D eigenvalue weighted by molar-refractivity contribution is 5.78. The summed E-state index contributed by atoms with van der Waals surface area (Å²) in [6, 6.07) is 0. The fourth-order valence-corrected chi connectivity index (χ4v) is 14.2. The van der Waals surface area contributed by atoms with E-state index in [0.717, 1.165) is 64.9 Å². The van der Waals surface area contributed by atoms with Crippen LogP contribution in [0.3, 0.4) is 0 Å². The van der Waals surface area contributed by atoms with E-state index in [1.165, 1.54) is 19.4 Å². The molecule has 7 rings (SSSR count). The standard InChI is InChI=1S/C45H72O13/c1-23-29(46)30(47)31(48)37(55-23)56-33-32(49)34(36(51)53-10)58-44(9,35(33)50)57-28-15-16-41(6)26(40(28,4)5)14-17-43(8)27(41)13-12-24-25-22-39(2,3)18-20-45(25,38(52)54-11)21-19-42(24,43)7/h12,23,25-35,37,46-50H,13-22H2,1-11H3. The van der Waals surface area contributed by atoms with E-state index in [9.17, 15) is 35.1 Å². The Morgan fingerprint density at radius 2 is 1.45 bits per heavy atom. The monoisotopic (exact) mass is 820 g/mol. The van der Waals surface area contributed by atoms with Crippen molar-refractivity contribution >= 4 is 11.9 Å². The molecule has 4 saturated carbocycles. The van der Waals surface area contributed by atoms with Gasteiger partial charge in [0.25, 0.3) is 0 Å². The van der Waals surface area contributed by atoms with Gasteiger partial charge in [-0.3, -0.25) is 4.79 Å². The first kappa shape index (κ1) is 44.4. The largest absolute Gasteiger partial charge is 0.469 e. The molecule has 0 bridgehead atoms. The highest BCUT2D eigenvalue weighted by Gasteiger charge is 2.70. The smallest absolute Gasteiger partial charge is 0.337 e. The van der Waals surface area contributed by atoms with Gasteiger partial charge in [-0.25, -0.2) is 4.79 Å². The third-order valence-corrected chi connectivity index (χ3v) is 17.9. The summed E-state index contributed by atoms with van der Waals surface area (Å²) in [5, 5.41) is 54.8. The van der Waals surface area contributed by atoms with Crippen molar-refractivity contribution in [2.45, 2.75) is 194 Å². The molecule has 2 aliphatic heterocycles. The van der Waals surface area contributed by atoms with Crippen LogP contribution in [0.2, 0.25) is 0 Å². The minimum absolute atomic E-state index is 0.00589. The van der Waals surface area contributed by atoms with Gasteiger partial charge in [-0.2, -0.15) is 0 Å². The molecular formula is C45H72O13. The van der Waals surface area contributed by atoms with Gasteiger partial charge in [0.05, 0.1) is 31.8 Å². The number of carbonyl (C=O) groups is 2. The molecule has 0 amide bonds. The van der Waals surface area contributed by atoms with Crippen LogP contribution in [0.15, 0.2) is 11.6 Å². The molecule has 2 heterocycles. The second-order valence-electron chi connectivity index (χ2n) is 21.6. The number of methoxy groups -OCH3 is 2. The van der Waals surface area contributed by atoms with E-state index in [2.05, 4.69) is 54.5 Å². The maximum atomic E-state index is 13.7. The topological polar surface area (TPSA) is 191 Å². The van der Waals surface area contributed by atoms with Crippen LogP contribution in [0.4, 0.5) is 0 Å². The molecular weight excluding hydrogens is 748 g/mol. The molecule has 2 saturated heterocycles. The Morgan fingerprint density at radius 1 is 0.776 bits per heavy atom. The zero-order chi connectivity index (χ0) is 42.8. The van der Waals surface area contributed by atoms with Gasteiger partial charge in [-0.1, -0.05) is 60.1 Å². The van der Waals surface area contributed by atoms with E-state index < -0.39 is 83.8 Å². The lowest BCUT2D eigenvalue weighted by Crippen LogP contribution is -2.70. The van der Waals surface area contributed by atoms with Crippen molar-refractivity contribution in [3.05, 3.63) is 11.6 Å². The molecule has 13 heteroatoms. The number of allylic oxidation sites excluding steroid dienone is 2. The third kappa shape index (κ3) is 6.40. The maximum Gasteiger partial charge on any atom is 0.337 e. The molecule has 5 aliphatic carbocycles. The van der Waals surface area contributed by atoms with E-state index in [1.54, 1.807) is 7.11 Å². The lowest BCUT2D eigenvalue weighted by atomic mass is 9.33. The number of fused-ring (bicyclic) bond motifs is 7. The van der Waals surface area contributed by atoms with Crippen molar-refractivity contribution in [3.8, 4) is 0 Å². The van der Waals surface area contributed by atoms with Crippen molar-refractivity contribution in [1.82, 2.24) is 0 Å². The van der Waals surface area contributed by atoms with Crippen molar-refractivity contribution in [2.24, 2.45) is 50.2 Å². The Kier molecular flexibility index (Phi) is 11.3. The number of hydrogen-bond acceptors (Lipinski definition) is 13. The van der Waals surface area contributed by atoms with Gasteiger partial charge in [0.1, 0.15) is 36.6 Å². The highest BCUT2D eigenvalue weighted by atomic mass is 16.8.